The number of nitrogens with zero attached hydrogens (tertiary/aromatic N) is 4. The molecular weight excluding hydrogens is 477 g/mol. The molecule has 9 nitrogen and oxygen atoms in total. The average molecular weight is 511 g/mol. The van der Waals surface area contributed by atoms with Gasteiger partial charge in [-0.1, -0.05) is 0 Å². The van der Waals surface area contributed by atoms with E-state index in [9.17, 15) is 9.90 Å². The van der Waals surface area contributed by atoms with Crippen molar-refractivity contribution in [3.05, 3.63) is 0 Å². The number of rotatable bonds is 4. The van der Waals surface area contributed by atoms with Crippen molar-refractivity contribution in [1.82, 2.24) is 20.0 Å². The van der Waals surface area contributed by atoms with Gasteiger partial charge in [0.15, 0.2) is 5.96 Å². The number of nitrogens with one attached hydrogen (secondary N) is 1. The zero-order chi connectivity index (χ0) is 19.4. The highest BCUT2D eigenvalue weighted by Crippen LogP contribution is 2.18. The molecule has 2 fully saturated rings. The Kier molecular flexibility index (Phi) is 8.59. The second-order valence-electron chi connectivity index (χ2n) is 8.39. The molecule has 2 N–H and O–H groups in total. The summed E-state index contributed by atoms with van der Waals surface area (Å²) in [6, 6.07) is 0.171. The lowest BCUT2D eigenvalue weighted by Gasteiger charge is -2.39. The van der Waals surface area contributed by atoms with E-state index in [0.29, 0.717) is 32.7 Å². The van der Waals surface area contributed by atoms with Crippen LogP contribution in [0.1, 0.15) is 20.8 Å². The molecule has 0 aliphatic carbocycles. The number of guanidine groups is 1. The standard InChI is InChI=1S/C18H33N5O4.HI/c1-18(2,3)27-17(25)22-4-5-23-14(12-22)10-19-16(23)20-11-15(24)13-21-6-8-26-9-7-21;/h14-15,24H,4-13H2,1-3H3,(H,19,20);1H. The zero-order valence-corrected chi connectivity index (χ0v) is 19.4. The van der Waals surface area contributed by atoms with Crippen LogP contribution in [0.5, 0.6) is 0 Å². The van der Waals surface area contributed by atoms with Crippen LogP contribution in [0, 0.1) is 0 Å². The van der Waals surface area contributed by atoms with Gasteiger partial charge in [0.1, 0.15) is 5.60 Å². The molecule has 3 aliphatic heterocycles. The molecule has 0 saturated carbocycles. The van der Waals surface area contributed by atoms with Crippen molar-refractivity contribution in [1.29, 1.82) is 0 Å². The fraction of sp³-hybridized carbons (Fsp3) is 0.889. The monoisotopic (exact) mass is 511 g/mol. The number of piperazine rings is 1. The largest absolute Gasteiger partial charge is 0.444 e. The Morgan fingerprint density at radius 2 is 2.04 bits per heavy atom. The van der Waals surface area contributed by atoms with Crippen molar-refractivity contribution >= 4 is 36.0 Å². The number of β-amino-alcohol motifs (C(OH)–C–C–N with tert-alkyl or cyclic N) is 1. The van der Waals surface area contributed by atoms with E-state index in [1.807, 2.05) is 20.8 Å². The number of aliphatic imine (C=N–C) groups is 1. The smallest absolute Gasteiger partial charge is 0.410 e. The highest BCUT2D eigenvalue weighted by atomic mass is 127. The van der Waals surface area contributed by atoms with Crippen LogP contribution in [0.2, 0.25) is 0 Å². The summed E-state index contributed by atoms with van der Waals surface area (Å²) in [6.07, 6.45) is -0.711. The lowest BCUT2D eigenvalue weighted by atomic mass is 10.2. The summed E-state index contributed by atoms with van der Waals surface area (Å²) in [4.78, 5) is 23.0. The van der Waals surface area contributed by atoms with Gasteiger partial charge in [0.05, 0.1) is 31.9 Å². The number of ether oxygens (including phenoxy) is 2. The first-order valence-corrected chi connectivity index (χ1v) is 9.83. The van der Waals surface area contributed by atoms with Gasteiger partial charge in [-0.2, -0.15) is 0 Å². The van der Waals surface area contributed by atoms with E-state index >= 15 is 0 Å². The summed E-state index contributed by atoms with van der Waals surface area (Å²) < 4.78 is 10.8. The predicted octanol–water partition coefficient (Wildman–Crippen LogP) is 0.178. The van der Waals surface area contributed by atoms with Crippen LogP contribution in [-0.4, -0.2) is 115 Å². The molecule has 3 aliphatic rings. The molecule has 0 bridgehead atoms. The van der Waals surface area contributed by atoms with Crippen LogP contribution >= 0.6 is 24.0 Å². The van der Waals surface area contributed by atoms with E-state index in [2.05, 4.69) is 20.1 Å². The van der Waals surface area contributed by atoms with Crippen molar-refractivity contribution in [2.45, 2.75) is 38.5 Å². The van der Waals surface area contributed by atoms with Crippen LogP contribution in [0.15, 0.2) is 4.99 Å². The Balaban J connectivity index is 0.00000280. The first-order valence-electron chi connectivity index (χ1n) is 9.83. The average Bonchev–Trinajstić information content (AvgIpc) is 3.01. The fourth-order valence-electron chi connectivity index (χ4n) is 3.58. The molecule has 0 aromatic rings. The zero-order valence-electron chi connectivity index (χ0n) is 17.1. The summed E-state index contributed by atoms with van der Waals surface area (Å²) in [6.45, 7) is 12.5. The first kappa shape index (κ1) is 23.4. The van der Waals surface area contributed by atoms with Crippen molar-refractivity contribution in [2.75, 3.05) is 65.6 Å². The number of halogens is 1. The van der Waals surface area contributed by atoms with Crippen LogP contribution in [-0.2, 0) is 9.47 Å². The van der Waals surface area contributed by atoms with Crippen LogP contribution in [0.25, 0.3) is 0 Å². The van der Waals surface area contributed by atoms with Crippen molar-refractivity contribution in [3.63, 3.8) is 0 Å². The van der Waals surface area contributed by atoms with E-state index in [-0.39, 0.29) is 36.1 Å². The fourth-order valence-corrected chi connectivity index (χ4v) is 3.58. The molecule has 28 heavy (non-hydrogen) atoms. The Morgan fingerprint density at radius 3 is 2.71 bits per heavy atom. The molecule has 1 amide bonds. The quantitative estimate of drug-likeness (QED) is 0.521. The minimum Gasteiger partial charge on any atom is -0.444 e. The first-order chi connectivity index (χ1) is 12.8. The van der Waals surface area contributed by atoms with Gasteiger partial charge < -0.3 is 29.7 Å². The van der Waals surface area contributed by atoms with Crippen molar-refractivity contribution in [2.24, 2.45) is 4.99 Å². The van der Waals surface area contributed by atoms with Crippen LogP contribution < -0.4 is 5.32 Å². The number of aliphatic hydroxyl groups excluding tert-OH is 1. The number of hydrogen-bond donors (Lipinski definition) is 2. The van der Waals surface area contributed by atoms with Crippen LogP contribution in [0.3, 0.4) is 0 Å². The molecule has 0 aromatic heterocycles. The normalized spacial score (nSPS) is 24.1. The minimum absolute atomic E-state index is 0. The lowest BCUT2D eigenvalue weighted by molar-refractivity contribution is 0.0132. The summed E-state index contributed by atoms with van der Waals surface area (Å²) >= 11 is 0. The van der Waals surface area contributed by atoms with Gasteiger partial charge in [-0.05, 0) is 20.8 Å². The summed E-state index contributed by atoms with van der Waals surface area (Å²) in [5.41, 5.74) is -0.482. The van der Waals surface area contributed by atoms with Gasteiger partial charge in [-0.15, -0.1) is 24.0 Å². The molecule has 2 unspecified atom stereocenters. The Bertz CT molecular complexity index is 551. The predicted molar refractivity (Wildman–Crippen MR) is 117 cm³/mol. The lowest BCUT2D eigenvalue weighted by Crippen LogP contribution is -2.58. The van der Waals surface area contributed by atoms with E-state index < -0.39 is 11.7 Å². The maximum Gasteiger partial charge on any atom is 0.410 e. The maximum absolute atomic E-state index is 12.3. The third kappa shape index (κ3) is 6.60. The summed E-state index contributed by atoms with van der Waals surface area (Å²) in [5.74, 6) is 0.824. The number of carbonyl (C=O) groups excluding carboxylic acids is 1. The molecule has 3 rings (SSSR count). The molecule has 0 spiro atoms. The minimum atomic E-state index is -0.482. The number of carbonyl (C=O) groups is 1. The van der Waals surface area contributed by atoms with Crippen molar-refractivity contribution in [3.8, 4) is 0 Å². The topological polar surface area (TPSA) is 89.9 Å². The number of aliphatic hydroxyl groups is 1. The molecule has 2 atom stereocenters. The van der Waals surface area contributed by atoms with Gasteiger partial charge in [0.2, 0.25) is 0 Å². The van der Waals surface area contributed by atoms with Crippen molar-refractivity contribution < 1.29 is 19.4 Å². The third-order valence-corrected chi connectivity index (χ3v) is 4.93. The Hall–Kier alpha value is -0.850. The number of hydrogen-bond acceptors (Lipinski definition) is 8. The van der Waals surface area contributed by atoms with E-state index in [1.54, 1.807) is 4.90 Å². The SMILES string of the molecule is CC(C)(C)OC(=O)N1CCN2C(NCC(O)CN3CCOCC3)=NCC2C1.I. The van der Waals surface area contributed by atoms with E-state index in [0.717, 1.165) is 38.8 Å². The summed E-state index contributed by atoms with van der Waals surface area (Å²) in [5, 5.41) is 13.6. The van der Waals surface area contributed by atoms with E-state index in [4.69, 9.17) is 9.47 Å². The maximum atomic E-state index is 12.3. The number of amides is 1. The Labute approximate surface area is 184 Å². The van der Waals surface area contributed by atoms with Gasteiger partial charge in [-0.25, -0.2) is 4.79 Å². The van der Waals surface area contributed by atoms with Gasteiger partial charge in [0.25, 0.3) is 0 Å². The molecule has 10 heteroatoms. The van der Waals surface area contributed by atoms with Gasteiger partial charge in [-0.3, -0.25) is 9.89 Å². The molecule has 3 heterocycles. The van der Waals surface area contributed by atoms with Gasteiger partial charge in [0, 0.05) is 45.8 Å². The van der Waals surface area contributed by atoms with Gasteiger partial charge >= 0.3 is 6.09 Å². The highest BCUT2D eigenvalue weighted by Gasteiger charge is 2.36. The van der Waals surface area contributed by atoms with E-state index in [1.165, 1.54) is 0 Å². The molecule has 0 aromatic carbocycles. The van der Waals surface area contributed by atoms with Crippen LogP contribution in [0.4, 0.5) is 4.79 Å². The molecule has 162 valence electrons. The molecular formula is C18H34IN5O4. The third-order valence-electron chi connectivity index (χ3n) is 4.93. The number of fused-ring (bicyclic) bond motifs is 1. The second kappa shape index (κ2) is 10.3. The highest BCUT2D eigenvalue weighted by molar-refractivity contribution is 14.0. The Morgan fingerprint density at radius 1 is 1.32 bits per heavy atom. The summed E-state index contributed by atoms with van der Waals surface area (Å²) in [7, 11) is 0. The number of morpholine rings is 1. The molecule has 2 saturated heterocycles. The molecule has 0 radical (unpaired) electrons. The second-order valence-corrected chi connectivity index (χ2v) is 8.39.